The van der Waals surface area contributed by atoms with Crippen LogP contribution in [0.4, 0.5) is 20.2 Å². The molecular formula is C13H9F2NO2. The number of benzene rings is 2. The van der Waals surface area contributed by atoms with E-state index in [2.05, 4.69) is 5.32 Å². The molecule has 1 aliphatic rings. The van der Waals surface area contributed by atoms with E-state index in [-0.39, 0.29) is 6.79 Å². The van der Waals surface area contributed by atoms with Crippen LogP contribution in [0.15, 0.2) is 36.4 Å². The predicted molar refractivity (Wildman–Crippen MR) is 62.2 cm³/mol. The van der Waals surface area contributed by atoms with E-state index >= 15 is 0 Å². The molecule has 0 aromatic heterocycles. The topological polar surface area (TPSA) is 30.5 Å². The van der Waals surface area contributed by atoms with Gasteiger partial charge in [0, 0.05) is 23.5 Å². The van der Waals surface area contributed by atoms with Gasteiger partial charge in [0.25, 0.3) is 0 Å². The molecule has 0 saturated heterocycles. The van der Waals surface area contributed by atoms with Gasteiger partial charge >= 0.3 is 0 Å². The molecule has 0 amide bonds. The maximum atomic E-state index is 13.0. The van der Waals surface area contributed by atoms with Crippen LogP contribution in [0.5, 0.6) is 11.5 Å². The highest BCUT2D eigenvalue weighted by atomic mass is 19.2. The average molecular weight is 249 g/mol. The fourth-order valence-electron chi connectivity index (χ4n) is 1.71. The number of rotatable bonds is 2. The van der Waals surface area contributed by atoms with Crippen LogP contribution in [0.25, 0.3) is 0 Å². The van der Waals surface area contributed by atoms with Crippen molar-refractivity contribution in [3.63, 3.8) is 0 Å². The number of hydrogen-bond acceptors (Lipinski definition) is 3. The van der Waals surface area contributed by atoms with Gasteiger partial charge in [-0.1, -0.05) is 0 Å². The lowest BCUT2D eigenvalue weighted by atomic mass is 10.2. The molecule has 18 heavy (non-hydrogen) atoms. The van der Waals surface area contributed by atoms with Gasteiger partial charge < -0.3 is 14.8 Å². The first-order valence-corrected chi connectivity index (χ1v) is 5.34. The second-order valence-electron chi connectivity index (χ2n) is 3.82. The van der Waals surface area contributed by atoms with Crippen LogP contribution in [0.3, 0.4) is 0 Å². The molecule has 0 unspecified atom stereocenters. The molecule has 0 fully saturated rings. The SMILES string of the molecule is Fc1ccc(Nc2ccc3c(c2)OCO3)cc1F. The van der Waals surface area contributed by atoms with E-state index in [9.17, 15) is 8.78 Å². The summed E-state index contributed by atoms with van der Waals surface area (Å²) in [6.45, 7) is 0.198. The van der Waals surface area contributed by atoms with Crippen LogP contribution in [-0.4, -0.2) is 6.79 Å². The van der Waals surface area contributed by atoms with Crippen LogP contribution in [0.2, 0.25) is 0 Å². The molecule has 0 aliphatic carbocycles. The molecule has 0 saturated carbocycles. The van der Waals surface area contributed by atoms with E-state index in [1.54, 1.807) is 18.2 Å². The number of halogens is 2. The highest BCUT2D eigenvalue weighted by molar-refractivity contribution is 5.63. The summed E-state index contributed by atoms with van der Waals surface area (Å²) < 4.78 is 36.2. The zero-order valence-corrected chi connectivity index (χ0v) is 9.24. The molecule has 0 radical (unpaired) electrons. The van der Waals surface area contributed by atoms with Crippen LogP contribution in [-0.2, 0) is 0 Å². The van der Waals surface area contributed by atoms with Gasteiger partial charge in [0.05, 0.1) is 0 Å². The van der Waals surface area contributed by atoms with Gasteiger partial charge in [-0.05, 0) is 24.3 Å². The van der Waals surface area contributed by atoms with Crippen molar-refractivity contribution in [2.45, 2.75) is 0 Å². The smallest absolute Gasteiger partial charge is 0.231 e. The Kier molecular flexibility index (Phi) is 2.51. The minimum Gasteiger partial charge on any atom is -0.454 e. The molecular weight excluding hydrogens is 240 g/mol. The molecule has 3 rings (SSSR count). The fourth-order valence-corrected chi connectivity index (χ4v) is 1.71. The molecule has 0 atom stereocenters. The number of anilines is 2. The third-order valence-electron chi connectivity index (χ3n) is 2.58. The lowest BCUT2D eigenvalue weighted by molar-refractivity contribution is 0.174. The van der Waals surface area contributed by atoms with E-state index in [1.807, 2.05) is 0 Å². The Hall–Kier alpha value is -2.30. The Morgan fingerprint density at radius 2 is 1.56 bits per heavy atom. The molecule has 3 nitrogen and oxygen atoms in total. The maximum absolute atomic E-state index is 13.0. The summed E-state index contributed by atoms with van der Waals surface area (Å²) in [5, 5.41) is 2.96. The highest BCUT2D eigenvalue weighted by Crippen LogP contribution is 2.35. The Labute approximate surface area is 102 Å². The zero-order chi connectivity index (χ0) is 12.5. The summed E-state index contributed by atoms with van der Waals surface area (Å²) in [5.41, 5.74) is 1.18. The first-order valence-electron chi connectivity index (χ1n) is 5.34. The van der Waals surface area contributed by atoms with Crippen LogP contribution >= 0.6 is 0 Å². The number of nitrogens with one attached hydrogen (secondary N) is 1. The van der Waals surface area contributed by atoms with E-state index in [1.165, 1.54) is 6.07 Å². The lowest BCUT2D eigenvalue weighted by Crippen LogP contribution is -1.93. The van der Waals surface area contributed by atoms with Gasteiger partial charge in [-0.25, -0.2) is 8.78 Å². The molecule has 1 aliphatic heterocycles. The number of hydrogen-bond donors (Lipinski definition) is 1. The normalized spacial score (nSPS) is 12.6. The minimum atomic E-state index is -0.888. The first kappa shape index (κ1) is 10.8. The highest BCUT2D eigenvalue weighted by Gasteiger charge is 2.13. The standard InChI is InChI=1S/C13H9F2NO2/c14-10-3-1-8(5-11(10)15)16-9-2-4-12-13(6-9)18-7-17-12/h1-6,16H,7H2. The van der Waals surface area contributed by atoms with Gasteiger partial charge in [0.1, 0.15) is 0 Å². The Balaban J connectivity index is 1.85. The zero-order valence-electron chi connectivity index (χ0n) is 9.24. The van der Waals surface area contributed by atoms with Crippen LogP contribution < -0.4 is 14.8 Å². The van der Waals surface area contributed by atoms with Gasteiger partial charge in [-0.3, -0.25) is 0 Å². The van der Waals surface area contributed by atoms with Crippen molar-refractivity contribution in [2.75, 3.05) is 12.1 Å². The van der Waals surface area contributed by atoms with Crippen molar-refractivity contribution in [1.82, 2.24) is 0 Å². The van der Waals surface area contributed by atoms with Crippen molar-refractivity contribution >= 4 is 11.4 Å². The quantitative estimate of drug-likeness (QED) is 0.884. The van der Waals surface area contributed by atoms with Gasteiger partial charge in [0.2, 0.25) is 6.79 Å². The fraction of sp³-hybridized carbons (Fsp3) is 0.0769. The van der Waals surface area contributed by atoms with Crippen LogP contribution in [0.1, 0.15) is 0 Å². The molecule has 92 valence electrons. The third-order valence-corrected chi connectivity index (χ3v) is 2.58. The molecule has 0 spiro atoms. The van der Waals surface area contributed by atoms with Crippen molar-refractivity contribution in [3.8, 4) is 11.5 Å². The van der Waals surface area contributed by atoms with Crippen molar-refractivity contribution in [3.05, 3.63) is 48.0 Å². The minimum absolute atomic E-state index is 0.198. The summed E-state index contributed by atoms with van der Waals surface area (Å²) in [5.74, 6) is -0.458. The molecule has 1 N–H and O–H groups in total. The Morgan fingerprint density at radius 3 is 2.39 bits per heavy atom. The second-order valence-corrected chi connectivity index (χ2v) is 3.82. The number of ether oxygens (including phenoxy) is 2. The molecule has 2 aromatic carbocycles. The van der Waals surface area contributed by atoms with Crippen molar-refractivity contribution in [2.24, 2.45) is 0 Å². The summed E-state index contributed by atoms with van der Waals surface area (Å²) >= 11 is 0. The van der Waals surface area contributed by atoms with E-state index in [4.69, 9.17) is 9.47 Å². The first-order chi connectivity index (χ1) is 8.72. The molecule has 1 heterocycles. The summed E-state index contributed by atoms with van der Waals surface area (Å²) in [7, 11) is 0. The molecule has 5 heteroatoms. The van der Waals surface area contributed by atoms with Crippen LogP contribution in [0, 0.1) is 11.6 Å². The molecule has 2 aromatic rings. The molecule has 0 bridgehead atoms. The van der Waals surface area contributed by atoms with Gasteiger partial charge in [-0.2, -0.15) is 0 Å². The maximum Gasteiger partial charge on any atom is 0.231 e. The Morgan fingerprint density at radius 1 is 0.833 bits per heavy atom. The van der Waals surface area contributed by atoms with Crippen molar-refractivity contribution in [1.29, 1.82) is 0 Å². The largest absolute Gasteiger partial charge is 0.454 e. The number of fused-ring (bicyclic) bond motifs is 1. The average Bonchev–Trinajstić information content (AvgIpc) is 2.81. The van der Waals surface area contributed by atoms with E-state index in [0.717, 1.165) is 12.1 Å². The Bertz CT molecular complexity index is 602. The predicted octanol–water partition coefficient (Wildman–Crippen LogP) is 3.44. The second kappa shape index (κ2) is 4.18. The van der Waals surface area contributed by atoms with Gasteiger partial charge in [0.15, 0.2) is 23.1 Å². The summed E-state index contributed by atoms with van der Waals surface area (Å²) in [4.78, 5) is 0. The summed E-state index contributed by atoms with van der Waals surface area (Å²) in [6, 6.07) is 8.90. The summed E-state index contributed by atoms with van der Waals surface area (Å²) in [6.07, 6.45) is 0. The van der Waals surface area contributed by atoms with E-state index < -0.39 is 11.6 Å². The lowest BCUT2D eigenvalue weighted by Gasteiger charge is -2.07. The van der Waals surface area contributed by atoms with E-state index in [0.29, 0.717) is 22.9 Å². The van der Waals surface area contributed by atoms with Gasteiger partial charge in [-0.15, -0.1) is 0 Å². The monoisotopic (exact) mass is 249 g/mol. The van der Waals surface area contributed by atoms with Crippen molar-refractivity contribution < 1.29 is 18.3 Å². The third kappa shape index (κ3) is 1.95.